The predicted octanol–water partition coefficient (Wildman–Crippen LogP) is 2.57. The van der Waals surface area contributed by atoms with Crippen LogP contribution in [0.1, 0.15) is 23.7 Å². The van der Waals surface area contributed by atoms with E-state index in [9.17, 15) is 20.0 Å². The van der Waals surface area contributed by atoms with Crippen molar-refractivity contribution in [3.05, 3.63) is 46.1 Å². The van der Waals surface area contributed by atoms with Crippen LogP contribution in [-0.2, 0) is 6.54 Å². The molecule has 1 aromatic carbocycles. The second-order valence-electron chi connectivity index (χ2n) is 4.26. The highest BCUT2D eigenvalue weighted by Gasteiger charge is 2.17. The van der Waals surface area contributed by atoms with E-state index in [0.717, 1.165) is 6.42 Å². The van der Waals surface area contributed by atoms with Crippen molar-refractivity contribution in [3.8, 4) is 11.3 Å². The molecule has 1 heterocycles. The van der Waals surface area contributed by atoms with E-state index >= 15 is 0 Å². The van der Waals surface area contributed by atoms with E-state index in [2.05, 4.69) is 5.10 Å². The van der Waals surface area contributed by atoms with Crippen molar-refractivity contribution in [2.75, 3.05) is 0 Å². The van der Waals surface area contributed by atoms with Crippen molar-refractivity contribution >= 4 is 11.7 Å². The van der Waals surface area contributed by atoms with Gasteiger partial charge in [0.1, 0.15) is 11.3 Å². The molecular weight excluding hydrogens is 262 g/mol. The zero-order valence-electron chi connectivity index (χ0n) is 10.8. The Balaban J connectivity index is 2.44. The topological polar surface area (TPSA) is 98.3 Å². The number of carbonyl (C=O) groups is 1. The molecule has 0 unspecified atom stereocenters. The number of carboxylic acids is 1. The molecule has 2 rings (SSSR count). The molecule has 104 valence electrons. The van der Waals surface area contributed by atoms with E-state index in [-0.39, 0.29) is 11.3 Å². The number of non-ortho nitro benzene ring substituents is 1. The summed E-state index contributed by atoms with van der Waals surface area (Å²) in [6.07, 6.45) is 2.31. The molecule has 7 nitrogen and oxygen atoms in total. The molecule has 0 aliphatic heterocycles. The SMILES string of the molecule is CCCn1cc(C(=O)O)c(-c2ccc([N+](=O)[O-])cc2)n1. The number of hydrogen-bond donors (Lipinski definition) is 1. The number of rotatable bonds is 5. The maximum atomic E-state index is 11.2. The summed E-state index contributed by atoms with van der Waals surface area (Å²) in [6.45, 7) is 2.58. The van der Waals surface area contributed by atoms with E-state index in [0.29, 0.717) is 17.8 Å². The van der Waals surface area contributed by atoms with Crippen molar-refractivity contribution in [2.45, 2.75) is 19.9 Å². The zero-order valence-corrected chi connectivity index (χ0v) is 10.8. The van der Waals surface area contributed by atoms with E-state index in [1.165, 1.54) is 30.5 Å². The fourth-order valence-corrected chi connectivity index (χ4v) is 1.88. The van der Waals surface area contributed by atoms with Crippen molar-refractivity contribution in [2.24, 2.45) is 0 Å². The van der Waals surface area contributed by atoms with Gasteiger partial charge < -0.3 is 5.11 Å². The average molecular weight is 275 g/mol. The molecule has 0 bridgehead atoms. The second kappa shape index (κ2) is 5.52. The van der Waals surface area contributed by atoms with E-state index in [1.807, 2.05) is 6.92 Å². The molecule has 0 aliphatic carbocycles. The summed E-state index contributed by atoms with van der Waals surface area (Å²) in [4.78, 5) is 21.3. The Bertz CT molecular complexity index is 646. The lowest BCUT2D eigenvalue weighted by Gasteiger charge is -1.99. The minimum Gasteiger partial charge on any atom is -0.478 e. The first-order valence-corrected chi connectivity index (χ1v) is 6.08. The minimum absolute atomic E-state index is 0.0429. The normalized spacial score (nSPS) is 10.4. The Morgan fingerprint density at radius 1 is 1.40 bits per heavy atom. The molecule has 0 fully saturated rings. The summed E-state index contributed by atoms with van der Waals surface area (Å²) in [5, 5.41) is 24.0. The molecule has 0 spiro atoms. The molecule has 20 heavy (non-hydrogen) atoms. The third-order valence-corrected chi connectivity index (χ3v) is 2.80. The summed E-state index contributed by atoms with van der Waals surface area (Å²) >= 11 is 0. The minimum atomic E-state index is -1.07. The standard InChI is InChI=1S/C13H13N3O4/c1-2-7-15-8-11(13(17)18)12(14-15)9-3-5-10(6-4-9)16(19)20/h3-6,8H,2,7H2,1H3,(H,17,18). The van der Waals surface area contributed by atoms with Gasteiger partial charge in [-0.05, 0) is 18.6 Å². The van der Waals surface area contributed by atoms with Gasteiger partial charge in [-0.25, -0.2) is 4.79 Å². The zero-order chi connectivity index (χ0) is 14.7. The van der Waals surface area contributed by atoms with Crippen LogP contribution in [0.3, 0.4) is 0 Å². The summed E-state index contributed by atoms with van der Waals surface area (Å²) in [7, 11) is 0. The van der Waals surface area contributed by atoms with Crippen molar-refractivity contribution in [3.63, 3.8) is 0 Å². The quantitative estimate of drug-likeness (QED) is 0.667. The van der Waals surface area contributed by atoms with Crippen molar-refractivity contribution < 1.29 is 14.8 Å². The number of benzene rings is 1. The van der Waals surface area contributed by atoms with Gasteiger partial charge in [0.05, 0.1) is 4.92 Å². The van der Waals surface area contributed by atoms with E-state index < -0.39 is 10.9 Å². The van der Waals surface area contributed by atoms with Gasteiger partial charge in [0.25, 0.3) is 5.69 Å². The molecule has 0 amide bonds. The van der Waals surface area contributed by atoms with Crippen LogP contribution >= 0.6 is 0 Å². The third-order valence-electron chi connectivity index (χ3n) is 2.80. The Hall–Kier alpha value is -2.70. The van der Waals surface area contributed by atoms with Crippen LogP contribution in [-0.4, -0.2) is 25.8 Å². The largest absolute Gasteiger partial charge is 0.478 e. The Morgan fingerprint density at radius 3 is 2.55 bits per heavy atom. The lowest BCUT2D eigenvalue weighted by atomic mass is 10.1. The summed E-state index contributed by atoms with van der Waals surface area (Å²) < 4.78 is 1.57. The van der Waals surface area contributed by atoms with Gasteiger partial charge in [-0.1, -0.05) is 6.92 Å². The molecular formula is C13H13N3O4. The van der Waals surface area contributed by atoms with Gasteiger partial charge >= 0.3 is 5.97 Å². The number of aryl methyl sites for hydroxylation is 1. The molecule has 0 atom stereocenters. The molecule has 1 aromatic heterocycles. The molecule has 0 saturated carbocycles. The third kappa shape index (κ3) is 2.66. The lowest BCUT2D eigenvalue weighted by Crippen LogP contribution is -1.97. The number of nitro benzene ring substituents is 1. The number of aromatic nitrogens is 2. The first-order chi connectivity index (χ1) is 9.52. The fourth-order valence-electron chi connectivity index (χ4n) is 1.88. The summed E-state index contributed by atoms with van der Waals surface area (Å²) in [6, 6.07) is 5.67. The van der Waals surface area contributed by atoms with Gasteiger partial charge in [0.2, 0.25) is 0 Å². The molecule has 7 heteroatoms. The highest BCUT2D eigenvalue weighted by Crippen LogP contribution is 2.24. The molecule has 0 saturated heterocycles. The maximum Gasteiger partial charge on any atom is 0.339 e. The average Bonchev–Trinajstić information content (AvgIpc) is 2.83. The van der Waals surface area contributed by atoms with Gasteiger partial charge in [-0.2, -0.15) is 5.10 Å². The predicted molar refractivity (Wildman–Crippen MR) is 71.6 cm³/mol. The number of aromatic carboxylic acids is 1. The lowest BCUT2D eigenvalue weighted by molar-refractivity contribution is -0.384. The molecule has 2 aromatic rings. The van der Waals surface area contributed by atoms with Crippen LogP contribution in [0.15, 0.2) is 30.5 Å². The van der Waals surface area contributed by atoms with E-state index in [1.54, 1.807) is 4.68 Å². The first kappa shape index (κ1) is 13.7. The monoisotopic (exact) mass is 275 g/mol. The number of nitro groups is 1. The van der Waals surface area contributed by atoms with Gasteiger partial charge in [0.15, 0.2) is 0 Å². The smallest absolute Gasteiger partial charge is 0.339 e. The molecule has 0 radical (unpaired) electrons. The first-order valence-electron chi connectivity index (χ1n) is 6.08. The molecule has 1 N–H and O–H groups in total. The van der Waals surface area contributed by atoms with Gasteiger partial charge in [-0.15, -0.1) is 0 Å². The van der Waals surface area contributed by atoms with Crippen molar-refractivity contribution in [1.29, 1.82) is 0 Å². The molecule has 0 aliphatic rings. The van der Waals surface area contributed by atoms with Crippen LogP contribution < -0.4 is 0 Å². The van der Waals surface area contributed by atoms with E-state index in [4.69, 9.17) is 0 Å². The summed E-state index contributed by atoms with van der Waals surface area (Å²) in [5.41, 5.74) is 0.912. The Kier molecular flexibility index (Phi) is 3.79. The van der Waals surface area contributed by atoms with Crippen molar-refractivity contribution in [1.82, 2.24) is 9.78 Å². The highest BCUT2D eigenvalue weighted by molar-refractivity contribution is 5.94. The van der Waals surface area contributed by atoms with Gasteiger partial charge in [-0.3, -0.25) is 14.8 Å². The Labute approximate surface area is 114 Å². The van der Waals surface area contributed by atoms with Gasteiger partial charge in [0, 0.05) is 30.4 Å². The number of carboxylic acid groups (broad SMARTS) is 1. The summed E-state index contributed by atoms with van der Waals surface area (Å²) in [5.74, 6) is -1.07. The van der Waals surface area contributed by atoms with Crippen LogP contribution in [0.25, 0.3) is 11.3 Å². The number of hydrogen-bond acceptors (Lipinski definition) is 4. The van der Waals surface area contributed by atoms with Crippen LogP contribution in [0.5, 0.6) is 0 Å². The second-order valence-corrected chi connectivity index (χ2v) is 4.26. The Morgan fingerprint density at radius 2 is 2.05 bits per heavy atom. The number of nitrogens with zero attached hydrogens (tertiary/aromatic N) is 3. The van der Waals surface area contributed by atoms with Crippen LogP contribution in [0, 0.1) is 10.1 Å². The maximum absolute atomic E-state index is 11.2. The fraction of sp³-hybridized carbons (Fsp3) is 0.231. The van der Waals surface area contributed by atoms with Crippen LogP contribution in [0.4, 0.5) is 5.69 Å². The highest BCUT2D eigenvalue weighted by atomic mass is 16.6. The van der Waals surface area contributed by atoms with Crippen LogP contribution in [0.2, 0.25) is 0 Å².